The molecule has 31 heavy (non-hydrogen) atoms. The number of rotatable bonds is 2. The van der Waals surface area contributed by atoms with Crippen LogP contribution in [0.15, 0.2) is 72.8 Å². The van der Waals surface area contributed by atoms with Crippen LogP contribution in [0.4, 0.5) is 0 Å². The van der Waals surface area contributed by atoms with Crippen molar-refractivity contribution >= 4 is 33.3 Å². The van der Waals surface area contributed by atoms with Crippen LogP contribution in [0.3, 0.4) is 0 Å². The number of hydrogen-bond acceptors (Lipinski definition) is 1. The highest BCUT2D eigenvalue weighted by molar-refractivity contribution is 8.00. The van der Waals surface area contributed by atoms with Crippen LogP contribution in [-0.2, 0) is 0 Å². The van der Waals surface area contributed by atoms with Crippen LogP contribution in [0.5, 0.6) is 0 Å². The molecule has 2 aliphatic heterocycles. The lowest BCUT2D eigenvalue weighted by atomic mass is 9.75. The smallest absolute Gasteiger partial charge is 0.0119 e. The Kier molecular flexibility index (Phi) is 4.83. The van der Waals surface area contributed by atoms with Crippen molar-refractivity contribution in [2.45, 2.75) is 61.9 Å². The first-order chi connectivity index (χ1) is 15.2. The molecular formula is C30H30S. The van der Waals surface area contributed by atoms with Gasteiger partial charge in [-0.2, -0.15) is 11.8 Å². The van der Waals surface area contributed by atoms with E-state index in [1.165, 1.54) is 58.4 Å². The molecule has 2 aliphatic rings. The Bertz CT molecular complexity index is 1170. The minimum Gasteiger partial charge on any atom is -0.154 e. The van der Waals surface area contributed by atoms with Crippen molar-refractivity contribution in [3.63, 3.8) is 0 Å². The molecule has 0 aromatic heterocycles. The zero-order valence-corrected chi connectivity index (χ0v) is 19.3. The van der Waals surface area contributed by atoms with Crippen molar-refractivity contribution < 1.29 is 0 Å². The summed E-state index contributed by atoms with van der Waals surface area (Å²) in [6, 6.07) is 27.3. The van der Waals surface area contributed by atoms with E-state index in [4.69, 9.17) is 0 Å². The Hall–Kier alpha value is -2.25. The van der Waals surface area contributed by atoms with Crippen LogP contribution < -0.4 is 0 Å². The molecule has 0 unspecified atom stereocenters. The third-order valence-electron chi connectivity index (χ3n) is 7.89. The summed E-state index contributed by atoms with van der Waals surface area (Å²) in [4.78, 5) is 0. The first-order valence-corrected chi connectivity index (χ1v) is 12.8. The molecule has 0 spiro atoms. The molecule has 0 aliphatic carbocycles. The molecule has 0 radical (unpaired) electrons. The van der Waals surface area contributed by atoms with Gasteiger partial charge in [0.25, 0.3) is 0 Å². The van der Waals surface area contributed by atoms with Gasteiger partial charge in [-0.05, 0) is 95.2 Å². The second kappa shape index (κ2) is 7.71. The monoisotopic (exact) mass is 422 g/mol. The summed E-state index contributed by atoms with van der Waals surface area (Å²) in [5, 5.41) is 7.28. The van der Waals surface area contributed by atoms with Crippen molar-refractivity contribution in [3.8, 4) is 0 Å². The molecule has 0 saturated carbocycles. The van der Waals surface area contributed by atoms with Gasteiger partial charge >= 0.3 is 0 Å². The fraction of sp³-hybridized carbons (Fsp3) is 0.333. The molecule has 4 atom stereocenters. The number of aryl methyl sites for hydroxylation is 2. The molecular weight excluding hydrogens is 392 g/mol. The third kappa shape index (κ3) is 3.21. The van der Waals surface area contributed by atoms with Crippen molar-refractivity contribution in [1.29, 1.82) is 0 Å². The summed E-state index contributed by atoms with van der Waals surface area (Å²) in [6.07, 6.45) is 5.33. The van der Waals surface area contributed by atoms with Gasteiger partial charge in [0.15, 0.2) is 0 Å². The number of thioether (sulfide) groups is 1. The van der Waals surface area contributed by atoms with E-state index in [-0.39, 0.29) is 0 Å². The minimum atomic E-state index is 0.696. The molecule has 2 saturated heterocycles. The SMILES string of the molecule is Cc1ccc2ccccc2c1[C@@H]1CC[C@H]2S[C@@H]1CC[C@H]2c1c(C)ccc2ccccc12. The van der Waals surface area contributed by atoms with E-state index in [1.54, 1.807) is 11.1 Å². The van der Waals surface area contributed by atoms with Crippen LogP contribution in [0.2, 0.25) is 0 Å². The maximum Gasteiger partial charge on any atom is 0.0119 e. The topological polar surface area (TPSA) is 0 Å². The second-order valence-electron chi connectivity index (χ2n) is 9.62. The van der Waals surface area contributed by atoms with Gasteiger partial charge in [-0.25, -0.2) is 0 Å². The van der Waals surface area contributed by atoms with Gasteiger partial charge in [0.2, 0.25) is 0 Å². The molecule has 2 fully saturated rings. The lowest BCUT2D eigenvalue weighted by Gasteiger charge is -2.45. The third-order valence-corrected chi connectivity index (χ3v) is 9.72. The van der Waals surface area contributed by atoms with E-state index in [0.29, 0.717) is 11.8 Å². The lowest BCUT2D eigenvalue weighted by molar-refractivity contribution is 0.409. The van der Waals surface area contributed by atoms with Crippen molar-refractivity contribution in [2.24, 2.45) is 0 Å². The van der Waals surface area contributed by atoms with E-state index in [1.807, 2.05) is 0 Å². The lowest BCUT2D eigenvalue weighted by Crippen LogP contribution is -2.35. The zero-order chi connectivity index (χ0) is 20.9. The number of hydrogen-bond donors (Lipinski definition) is 0. The van der Waals surface area contributed by atoms with Gasteiger partial charge < -0.3 is 0 Å². The molecule has 6 rings (SSSR count). The Morgan fingerprint density at radius 3 is 1.48 bits per heavy atom. The van der Waals surface area contributed by atoms with Crippen molar-refractivity contribution in [2.75, 3.05) is 0 Å². The predicted molar refractivity (Wildman–Crippen MR) is 136 cm³/mol. The Balaban J connectivity index is 1.35. The first-order valence-electron chi connectivity index (χ1n) is 11.8. The summed E-state index contributed by atoms with van der Waals surface area (Å²) in [6.45, 7) is 4.65. The van der Waals surface area contributed by atoms with Gasteiger partial charge in [-0.3, -0.25) is 0 Å². The molecule has 4 aromatic carbocycles. The maximum atomic E-state index is 2.35. The highest BCUT2D eigenvalue weighted by Gasteiger charge is 2.41. The van der Waals surface area contributed by atoms with Gasteiger partial charge in [-0.15, -0.1) is 0 Å². The van der Waals surface area contributed by atoms with Crippen LogP contribution in [0, 0.1) is 13.8 Å². The Morgan fingerprint density at radius 2 is 1.00 bits per heavy atom. The van der Waals surface area contributed by atoms with Crippen LogP contribution >= 0.6 is 11.8 Å². The molecule has 2 heterocycles. The van der Waals surface area contributed by atoms with E-state index >= 15 is 0 Å². The normalized spacial score (nSPS) is 25.7. The van der Waals surface area contributed by atoms with E-state index in [2.05, 4.69) is 98.4 Å². The molecule has 0 N–H and O–H groups in total. The highest BCUT2D eigenvalue weighted by Crippen LogP contribution is 2.55. The molecule has 0 amide bonds. The van der Waals surface area contributed by atoms with Crippen LogP contribution in [0.25, 0.3) is 21.5 Å². The summed E-state index contributed by atoms with van der Waals surface area (Å²) in [5.41, 5.74) is 6.23. The van der Waals surface area contributed by atoms with E-state index < -0.39 is 0 Å². The van der Waals surface area contributed by atoms with Crippen LogP contribution in [-0.4, -0.2) is 10.5 Å². The number of benzene rings is 4. The number of fused-ring (bicyclic) bond motifs is 4. The average Bonchev–Trinajstić information content (AvgIpc) is 2.81. The Morgan fingerprint density at radius 1 is 0.548 bits per heavy atom. The maximum absolute atomic E-state index is 2.35. The summed E-state index contributed by atoms with van der Waals surface area (Å²) < 4.78 is 0. The van der Waals surface area contributed by atoms with E-state index in [9.17, 15) is 0 Å². The van der Waals surface area contributed by atoms with Crippen molar-refractivity contribution in [3.05, 3.63) is 95.1 Å². The Labute approximate surface area is 190 Å². The summed E-state index contributed by atoms with van der Waals surface area (Å²) in [7, 11) is 0. The summed E-state index contributed by atoms with van der Waals surface area (Å²) >= 11 is 2.31. The largest absolute Gasteiger partial charge is 0.154 e. The molecule has 4 aromatic rings. The minimum absolute atomic E-state index is 0.696. The highest BCUT2D eigenvalue weighted by atomic mass is 32.2. The van der Waals surface area contributed by atoms with Crippen molar-refractivity contribution in [1.82, 2.24) is 0 Å². The first kappa shape index (κ1) is 19.4. The molecule has 156 valence electrons. The van der Waals surface area contributed by atoms with Crippen LogP contribution in [0.1, 0.15) is 59.8 Å². The van der Waals surface area contributed by atoms with Gasteiger partial charge in [0.1, 0.15) is 0 Å². The standard InChI is InChI=1S/C30H30S/c1-19-11-13-21-7-3-5-9-23(21)29(19)25-15-17-28-26(16-18-27(25)31-28)30-20(2)12-14-22-8-4-6-10-24(22)30/h3-14,25-28H,15-18H2,1-2H3/t25-,26-,27-,28-/m1/s1. The predicted octanol–water partition coefficient (Wildman–Crippen LogP) is 8.54. The van der Waals surface area contributed by atoms with Gasteiger partial charge in [0.05, 0.1) is 0 Å². The van der Waals surface area contributed by atoms with Gasteiger partial charge in [-0.1, -0.05) is 72.8 Å². The molecule has 1 heteroatoms. The fourth-order valence-electron chi connectivity index (χ4n) is 6.47. The molecule has 0 nitrogen and oxygen atoms in total. The zero-order valence-electron chi connectivity index (χ0n) is 18.5. The fourth-order valence-corrected chi connectivity index (χ4v) is 8.38. The summed E-state index contributed by atoms with van der Waals surface area (Å²) in [5.74, 6) is 1.39. The quantitative estimate of drug-likeness (QED) is 0.312. The molecule has 2 bridgehead atoms. The van der Waals surface area contributed by atoms with Gasteiger partial charge in [0, 0.05) is 10.5 Å². The average molecular weight is 423 g/mol. The second-order valence-corrected chi connectivity index (χ2v) is 11.1. The van der Waals surface area contributed by atoms with E-state index in [0.717, 1.165) is 10.5 Å².